The fourth-order valence-electron chi connectivity index (χ4n) is 11.6. The molecular formula is C92H105ClN18O14S9. The molecule has 6 heterocycles. The van der Waals surface area contributed by atoms with Gasteiger partial charge in [-0.2, -0.15) is 35.3 Å². The van der Waals surface area contributed by atoms with Gasteiger partial charge in [0.05, 0.1) is 38.5 Å². The van der Waals surface area contributed by atoms with Crippen molar-refractivity contribution in [2.24, 2.45) is 0 Å². The maximum absolute atomic E-state index is 13.2. The van der Waals surface area contributed by atoms with Crippen molar-refractivity contribution < 1.29 is 66.9 Å². The zero-order valence-electron chi connectivity index (χ0n) is 74.5. The van der Waals surface area contributed by atoms with Gasteiger partial charge < -0.3 is 34.9 Å². The van der Waals surface area contributed by atoms with Crippen LogP contribution in [0, 0.1) is 0 Å². The number of amides is 6. The zero-order chi connectivity index (χ0) is 95.1. The number of benzene rings is 6. The van der Waals surface area contributed by atoms with Gasteiger partial charge in [0.1, 0.15) is 30.0 Å². The van der Waals surface area contributed by atoms with E-state index in [4.69, 9.17) is 25.8 Å². The maximum atomic E-state index is 13.2. The molecule has 0 radical (unpaired) electrons. The molecule has 0 saturated heterocycles. The Kier molecular flexibility index (Phi) is 48.9. The summed E-state index contributed by atoms with van der Waals surface area (Å²) >= 11 is 18.5. The van der Waals surface area contributed by atoms with Crippen LogP contribution in [0.3, 0.4) is 0 Å². The van der Waals surface area contributed by atoms with E-state index in [1.165, 1.54) is 82.7 Å². The van der Waals surface area contributed by atoms with Crippen molar-refractivity contribution in [2.45, 2.75) is 156 Å². The van der Waals surface area contributed by atoms with Crippen LogP contribution in [-0.4, -0.2) is 181 Å². The predicted octanol–water partition coefficient (Wildman–Crippen LogP) is 16.4. The van der Waals surface area contributed by atoms with Gasteiger partial charge in [0.25, 0.3) is 0 Å². The highest BCUT2D eigenvalue weighted by atomic mass is 35.5. The van der Waals surface area contributed by atoms with Gasteiger partial charge in [-0.25, -0.2) is 0 Å². The highest BCUT2D eigenvalue weighted by Gasteiger charge is 2.27. The fraction of sp³-hybridized carbons (Fsp3) is 0.370. The second-order valence-electron chi connectivity index (χ2n) is 28.9. The monoisotopic (exact) mass is 2010 g/mol. The van der Waals surface area contributed by atoms with E-state index < -0.39 is 0 Å². The zero-order valence-corrected chi connectivity index (χ0v) is 82.6. The summed E-state index contributed by atoms with van der Waals surface area (Å²) in [4.78, 5) is 127. The third-order valence-electron chi connectivity index (χ3n) is 18.2. The molecular weight excluding hydrogens is 1910 g/mol. The first-order valence-electron chi connectivity index (χ1n) is 43.2. The second kappa shape index (κ2) is 61.6. The van der Waals surface area contributed by atoms with Crippen LogP contribution in [-0.2, 0) is 144 Å². The third-order valence-corrected chi connectivity index (χ3v) is 27.0. The number of ether oxygens (including phenoxy) is 4. The van der Waals surface area contributed by atoms with Gasteiger partial charge in [0, 0.05) is 64.2 Å². The first-order valence-corrected chi connectivity index (χ1v) is 52.1. The van der Waals surface area contributed by atoms with Crippen LogP contribution in [0.1, 0.15) is 142 Å². The molecule has 708 valence electrons. The quantitative estimate of drug-likeness (QED) is 0.0105. The number of hydrogen-bond acceptors (Lipinski definition) is 35. The number of alkyl halides is 1. The van der Waals surface area contributed by atoms with E-state index in [2.05, 4.69) is 81.9 Å². The molecule has 0 aliphatic heterocycles. The topological polar surface area (TPSA) is 408 Å². The molecule has 0 fully saturated rings. The first kappa shape index (κ1) is 106. The van der Waals surface area contributed by atoms with Crippen molar-refractivity contribution in [3.05, 3.63) is 245 Å². The summed E-state index contributed by atoms with van der Waals surface area (Å²) < 4.78 is 20.5. The van der Waals surface area contributed by atoms with Crippen LogP contribution < -0.4 is 30.7 Å². The number of nitrogens with zero attached hydrogens (tertiary/aromatic N) is 15. The van der Waals surface area contributed by atoms with E-state index in [0.717, 1.165) is 124 Å². The van der Waals surface area contributed by atoms with Crippen LogP contribution in [0.5, 0.6) is 0 Å². The Balaban J connectivity index is 0.000000219. The van der Waals surface area contributed by atoms with Crippen molar-refractivity contribution in [1.29, 1.82) is 0 Å². The number of anilines is 6. The number of carbonyl (C=O) groups excluding carboxylic acids is 10. The van der Waals surface area contributed by atoms with Gasteiger partial charge >= 0.3 is 23.9 Å². The van der Waals surface area contributed by atoms with Crippen LogP contribution in [0.2, 0.25) is 0 Å². The summed E-state index contributed by atoms with van der Waals surface area (Å²) in [6, 6.07) is 56.9. The van der Waals surface area contributed by atoms with E-state index >= 15 is 0 Å². The molecule has 0 spiro atoms. The average molecular weight is 2010 g/mol. The Bertz CT molecular complexity index is 5320. The summed E-state index contributed by atoms with van der Waals surface area (Å²) in [6.07, 6.45) is 9.77. The summed E-state index contributed by atoms with van der Waals surface area (Å²) in [5.41, 5.74) is 5.43. The minimum atomic E-state index is -0.370. The van der Waals surface area contributed by atoms with Gasteiger partial charge in [-0.1, -0.05) is 289 Å². The summed E-state index contributed by atoms with van der Waals surface area (Å²) in [6.45, 7) is 6.97. The fourth-order valence-corrected chi connectivity index (χ4v) is 19.9. The van der Waals surface area contributed by atoms with Gasteiger partial charge in [0.15, 0.2) is 26.3 Å². The molecule has 0 aliphatic rings. The predicted molar refractivity (Wildman–Crippen MR) is 532 cm³/mol. The van der Waals surface area contributed by atoms with Crippen molar-refractivity contribution in [2.75, 3.05) is 91.4 Å². The lowest BCUT2D eigenvalue weighted by atomic mass is 10.1. The molecule has 3 N–H and O–H groups in total. The smallest absolute Gasteiger partial charge is 0.307 e. The Labute approximate surface area is 819 Å². The van der Waals surface area contributed by atoms with Gasteiger partial charge in [0.2, 0.25) is 66.2 Å². The SMILES string of the molecule is CCCC(=O)OCCl.CCCC(=O)OCN(C(=O)Cc1ccccc1)c1nnc(CCSCCc2nnc(N(COC(=O)CCC)C(=O)Cc3ccccc3)s2)s1.CCCC(=O)OCN(C(=O)Cc1ccccc1)c1nnc(CCSCCc2nnc(NC(=O)Cc3ccccc3)s2)s1.O=C(Cc1ccccc1)Nc1nnc(CCSCCc2nnc(NC(=O)Cc3ccccc3)s2)s1. The Morgan fingerprint density at radius 2 is 0.493 bits per heavy atom. The normalized spacial score (nSPS) is 10.7. The van der Waals surface area contributed by atoms with Crippen LogP contribution in [0.25, 0.3) is 0 Å². The molecule has 6 aromatic heterocycles. The lowest BCUT2D eigenvalue weighted by Crippen LogP contribution is -2.35. The van der Waals surface area contributed by atoms with Crippen molar-refractivity contribution in [1.82, 2.24) is 61.2 Å². The molecule has 32 nitrogen and oxygen atoms in total. The second-order valence-corrected chi connectivity index (χ2v) is 39.1. The molecule has 0 aliphatic carbocycles. The number of rotatable bonds is 51. The average Bonchev–Trinajstić information content (AvgIpc) is 1.71. The number of hydrogen-bond donors (Lipinski definition) is 3. The molecule has 0 bridgehead atoms. The maximum Gasteiger partial charge on any atom is 0.307 e. The van der Waals surface area contributed by atoms with E-state index in [1.54, 1.807) is 35.3 Å². The lowest BCUT2D eigenvalue weighted by Gasteiger charge is -2.19. The van der Waals surface area contributed by atoms with Crippen LogP contribution in [0.4, 0.5) is 30.8 Å². The van der Waals surface area contributed by atoms with E-state index in [1.807, 2.05) is 210 Å². The van der Waals surface area contributed by atoms with Crippen molar-refractivity contribution in [3.8, 4) is 0 Å². The number of nitrogens with one attached hydrogen (secondary N) is 3. The Hall–Kier alpha value is -11.3. The van der Waals surface area contributed by atoms with E-state index in [9.17, 15) is 47.9 Å². The number of esters is 4. The molecule has 0 atom stereocenters. The minimum absolute atomic E-state index is 0.0289. The standard InChI is InChI=1S/C34H40N6O6S3.C29H32N6O4S3.C24H24N6O2S3.C5H9ClO2/c1-3-11-31(43)45-23-39(29(41)21-25-13-7-5-8-14-25)33-37-35-27(48-33)17-19-47-20-18-28-36-38-34(49-28)40(24-46-32(44)12-4-2)30(42)22-26-15-9-6-10-16-26;1-2-9-27(38)39-20-35(26(37)19-22-12-7-4-8-13-22)29-34-32-25(42-29)15-17-40-16-14-24-31-33-28(41-24)30-23(36)18-21-10-5-3-6-11-21;31-19(15-17-7-3-1-4-8-17)25-23-29-27-21(34-23)11-13-33-14-12-22-28-30-24(35-22)26-20(32)16-18-9-5-2-6-10-18;1-2-3-5(7)8-4-6/h5-10,13-16H,3-4,11-12,17-24H2,1-2H3;3-8,10-13H,2,9,14-20H2,1H3,(H,30,33,36);1-10H,11-16H2,(H,25,29,31)(H,26,30,32);2-4H2,1H3. The molecule has 6 amide bonds. The number of carbonyl (C=O) groups is 10. The van der Waals surface area contributed by atoms with Crippen molar-refractivity contribution >= 4 is 205 Å². The summed E-state index contributed by atoms with van der Waals surface area (Å²) in [7, 11) is 0. The Morgan fingerprint density at radius 3 is 0.716 bits per heavy atom. The third kappa shape index (κ3) is 41.3. The molecule has 6 aromatic carbocycles. The number of aromatic nitrogens is 12. The highest BCUT2D eigenvalue weighted by Crippen LogP contribution is 2.29. The van der Waals surface area contributed by atoms with E-state index in [0.29, 0.717) is 101 Å². The summed E-state index contributed by atoms with van der Waals surface area (Å²) in [5, 5.41) is 66.5. The first-order chi connectivity index (χ1) is 65.3. The Morgan fingerprint density at radius 1 is 0.284 bits per heavy atom. The molecule has 12 aromatic rings. The van der Waals surface area contributed by atoms with Gasteiger partial charge in [-0.3, -0.25) is 62.6 Å². The lowest BCUT2D eigenvalue weighted by molar-refractivity contribution is -0.145. The van der Waals surface area contributed by atoms with E-state index in [-0.39, 0.29) is 118 Å². The van der Waals surface area contributed by atoms with Crippen LogP contribution >= 0.6 is 115 Å². The molecule has 42 heteroatoms. The summed E-state index contributed by atoms with van der Waals surface area (Å²) in [5.74, 6) is 2.67. The van der Waals surface area contributed by atoms with Crippen molar-refractivity contribution in [3.63, 3.8) is 0 Å². The molecule has 12 rings (SSSR count). The van der Waals surface area contributed by atoms with Gasteiger partial charge in [-0.15, -0.1) is 61.2 Å². The molecule has 0 saturated carbocycles. The number of halogens is 1. The molecule has 0 unspecified atom stereocenters. The largest absolute Gasteiger partial charge is 0.449 e. The minimum Gasteiger partial charge on any atom is -0.449 e. The highest BCUT2D eigenvalue weighted by molar-refractivity contribution is 7.99. The van der Waals surface area contributed by atoms with Gasteiger partial charge in [-0.05, 0) is 93.6 Å². The molecule has 134 heavy (non-hydrogen) atoms. The number of aryl methyl sites for hydroxylation is 6. The number of thioether (sulfide) groups is 3. The van der Waals surface area contributed by atoms with Crippen LogP contribution in [0.15, 0.2) is 182 Å².